The van der Waals surface area contributed by atoms with Gasteiger partial charge in [-0.05, 0) is 30.3 Å². The van der Waals surface area contributed by atoms with Gasteiger partial charge < -0.3 is 14.8 Å². The Bertz CT molecular complexity index is 946. The van der Waals surface area contributed by atoms with E-state index in [1.807, 2.05) is 24.3 Å². The number of fused-ring (bicyclic) bond motifs is 1. The molecule has 0 aliphatic heterocycles. The largest absolute Gasteiger partial charge is 0.454 e. The van der Waals surface area contributed by atoms with Crippen LogP contribution in [-0.2, 0) is 25.7 Å². The number of hydrogen-bond acceptors (Lipinski definition) is 6. The number of amides is 1. The van der Waals surface area contributed by atoms with E-state index in [1.54, 1.807) is 0 Å². The van der Waals surface area contributed by atoms with Crippen molar-refractivity contribution in [2.45, 2.75) is 6.61 Å². The number of nitrogens with one attached hydrogen (secondary N) is 1. The van der Waals surface area contributed by atoms with Crippen LogP contribution in [0.2, 0.25) is 5.02 Å². The van der Waals surface area contributed by atoms with E-state index in [1.165, 1.54) is 23.5 Å². The summed E-state index contributed by atoms with van der Waals surface area (Å²) in [4.78, 5) is 27.8. The Kier molecular flexibility index (Phi) is 6.33. The van der Waals surface area contributed by atoms with Crippen LogP contribution in [0.15, 0.2) is 42.5 Å². The first-order valence-corrected chi connectivity index (χ1v) is 9.03. The van der Waals surface area contributed by atoms with Crippen molar-refractivity contribution in [3.05, 3.63) is 58.3 Å². The maximum Gasteiger partial charge on any atom is 0.332 e. The molecule has 0 radical (unpaired) electrons. The Labute approximate surface area is 162 Å². The predicted molar refractivity (Wildman–Crippen MR) is 100 cm³/mol. The summed E-state index contributed by atoms with van der Waals surface area (Å²) in [6, 6.07) is 11.4. The lowest BCUT2D eigenvalue weighted by atomic mass is 10.3. The number of para-hydroxylation sites is 1. The molecule has 0 atom stereocenters. The van der Waals surface area contributed by atoms with Crippen LogP contribution in [0.1, 0.15) is 5.01 Å². The number of carbonyl (C=O) groups excluding carboxylic acids is 2. The lowest BCUT2D eigenvalue weighted by Crippen LogP contribution is -2.22. The zero-order valence-electron chi connectivity index (χ0n) is 13.9. The minimum absolute atomic E-state index is 0.118. The first kappa shape index (κ1) is 19.2. The molecule has 27 heavy (non-hydrogen) atoms. The van der Waals surface area contributed by atoms with Gasteiger partial charge in [0.1, 0.15) is 17.4 Å². The molecule has 3 rings (SSSR count). The number of esters is 1. The number of benzene rings is 2. The summed E-state index contributed by atoms with van der Waals surface area (Å²) in [5, 5.41) is 3.07. The Morgan fingerprint density at radius 3 is 2.78 bits per heavy atom. The molecule has 0 bridgehead atoms. The number of rotatable bonds is 7. The van der Waals surface area contributed by atoms with Gasteiger partial charge in [-0.1, -0.05) is 23.7 Å². The number of ether oxygens (including phenoxy) is 2. The van der Waals surface area contributed by atoms with Gasteiger partial charge in [0.05, 0.1) is 21.8 Å². The molecular formula is C18H14ClFN2O4S. The highest BCUT2D eigenvalue weighted by atomic mass is 35.5. The minimum atomic E-state index is -0.677. The van der Waals surface area contributed by atoms with E-state index in [2.05, 4.69) is 10.3 Å². The molecule has 0 saturated heterocycles. The van der Waals surface area contributed by atoms with Crippen molar-refractivity contribution < 1.29 is 23.5 Å². The van der Waals surface area contributed by atoms with Gasteiger partial charge in [0.2, 0.25) is 0 Å². The third-order valence-corrected chi connectivity index (χ3v) is 4.65. The molecule has 140 valence electrons. The predicted octanol–water partition coefficient (Wildman–Crippen LogP) is 3.79. The third kappa shape index (κ3) is 5.46. The second-order valence-electron chi connectivity index (χ2n) is 5.41. The molecule has 0 unspecified atom stereocenters. The average molecular weight is 409 g/mol. The monoisotopic (exact) mass is 408 g/mol. The van der Waals surface area contributed by atoms with Gasteiger partial charge in [-0.2, -0.15) is 0 Å². The number of carbonyl (C=O) groups is 2. The van der Waals surface area contributed by atoms with Gasteiger partial charge in [-0.25, -0.2) is 14.2 Å². The van der Waals surface area contributed by atoms with Crippen LogP contribution in [0.5, 0.6) is 0 Å². The second-order valence-corrected chi connectivity index (χ2v) is 6.93. The van der Waals surface area contributed by atoms with E-state index >= 15 is 0 Å². The summed E-state index contributed by atoms with van der Waals surface area (Å²) >= 11 is 7.11. The van der Waals surface area contributed by atoms with Crippen LogP contribution in [-0.4, -0.2) is 30.1 Å². The summed E-state index contributed by atoms with van der Waals surface area (Å²) in [6.45, 7) is -0.612. The molecule has 2 aromatic carbocycles. The maximum atomic E-state index is 13.1. The van der Waals surface area contributed by atoms with E-state index in [4.69, 9.17) is 21.1 Å². The molecule has 0 aliphatic carbocycles. The number of thiazole rings is 1. The van der Waals surface area contributed by atoms with Crippen molar-refractivity contribution in [1.82, 2.24) is 4.98 Å². The van der Waals surface area contributed by atoms with E-state index in [0.29, 0.717) is 5.69 Å². The number of nitrogens with zero attached hydrogens (tertiary/aromatic N) is 1. The van der Waals surface area contributed by atoms with Crippen LogP contribution < -0.4 is 5.32 Å². The van der Waals surface area contributed by atoms with Crippen LogP contribution in [0.3, 0.4) is 0 Å². The van der Waals surface area contributed by atoms with Crippen molar-refractivity contribution in [3.63, 3.8) is 0 Å². The third-order valence-electron chi connectivity index (χ3n) is 3.35. The Hall–Kier alpha value is -2.55. The standard InChI is InChI=1S/C18H14ClFN2O4S/c19-12-7-11(5-6-13(12)20)21-16(23)8-26-18(24)10-25-9-17-22-14-3-1-2-4-15(14)27-17/h1-7H,8-10H2,(H,21,23). The summed E-state index contributed by atoms with van der Waals surface area (Å²) < 4.78 is 24.2. The van der Waals surface area contributed by atoms with E-state index in [0.717, 1.165) is 21.3 Å². The molecule has 0 saturated carbocycles. The lowest BCUT2D eigenvalue weighted by molar-refractivity contribution is -0.152. The Morgan fingerprint density at radius 1 is 1.19 bits per heavy atom. The summed E-state index contributed by atoms with van der Waals surface area (Å²) in [5.74, 6) is -1.84. The SMILES string of the molecule is O=C(COC(=O)COCc1nc2ccccc2s1)Nc1ccc(F)c(Cl)c1. The first-order valence-electron chi connectivity index (χ1n) is 7.84. The van der Waals surface area contributed by atoms with E-state index in [-0.39, 0.29) is 18.2 Å². The van der Waals surface area contributed by atoms with Crippen molar-refractivity contribution in [1.29, 1.82) is 0 Å². The molecule has 1 aromatic heterocycles. The van der Waals surface area contributed by atoms with Crippen molar-refractivity contribution in [3.8, 4) is 0 Å². The molecular weight excluding hydrogens is 395 g/mol. The van der Waals surface area contributed by atoms with Gasteiger partial charge in [0.25, 0.3) is 5.91 Å². The molecule has 0 fully saturated rings. The van der Waals surface area contributed by atoms with E-state index in [9.17, 15) is 14.0 Å². The summed E-state index contributed by atoms with van der Waals surface area (Å²) in [6.07, 6.45) is 0. The van der Waals surface area contributed by atoms with Gasteiger partial charge in [0.15, 0.2) is 6.61 Å². The summed E-state index contributed by atoms with van der Waals surface area (Å²) in [5.41, 5.74) is 1.18. The van der Waals surface area contributed by atoms with Gasteiger partial charge in [-0.15, -0.1) is 11.3 Å². The van der Waals surface area contributed by atoms with Gasteiger partial charge in [-0.3, -0.25) is 4.79 Å². The molecule has 9 heteroatoms. The summed E-state index contributed by atoms with van der Waals surface area (Å²) in [7, 11) is 0. The Morgan fingerprint density at radius 2 is 2.00 bits per heavy atom. The van der Waals surface area contributed by atoms with Crippen LogP contribution in [0, 0.1) is 5.82 Å². The second kappa shape index (κ2) is 8.90. The smallest absolute Gasteiger partial charge is 0.332 e. The van der Waals surface area contributed by atoms with Gasteiger partial charge in [0, 0.05) is 5.69 Å². The van der Waals surface area contributed by atoms with Crippen molar-refractivity contribution in [2.75, 3.05) is 18.5 Å². The normalized spacial score (nSPS) is 10.7. The quantitative estimate of drug-likeness (QED) is 0.602. The molecule has 1 amide bonds. The Balaban J connectivity index is 1.38. The van der Waals surface area contributed by atoms with E-state index < -0.39 is 24.3 Å². The van der Waals surface area contributed by atoms with Crippen LogP contribution in [0.25, 0.3) is 10.2 Å². The number of hydrogen-bond donors (Lipinski definition) is 1. The zero-order valence-corrected chi connectivity index (χ0v) is 15.5. The molecule has 1 N–H and O–H groups in total. The van der Waals surface area contributed by atoms with Crippen LogP contribution in [0.4, 0.5) is 10.1 Å². The van der Waals surface area contributed by atoms with Crippen molar-refractivity contribution in [2.24, 2.45) is 0 Å². The van der Waals surface area contributed by atoms with Gasteiger partial charge >= 0.3 is 5.97 Å². The molecule has 0 aliphatic rings. The zero-order chi connectivity index (χ0) is 19.2. The fraction of sp³-hybridized carbons (Fsp3) is 0.167. The highest BCUT2D eigenvalue weighted by Crippen LogP contribution is 2.22. The number of aromatic nitrogens is 1. The lowest BCUT2D eigenvalue weighted by Gasteiger charge is -2.07. The number of halogens is 2. The highest BCUT2D eigenvalue weighted by molar-refractivity contribution is 7.18. The van der Waals surface area contributed by atoms with Crippen LogP contribution >= 0.6 is 22.9 Å². The van der Waals surface area contributed by atoms with Crippen molar-refractivity contribution >= 4 is 50.7 Å². The highest BCUT2D eigenvalue weighted by Gasteiger charge is 2.10. The minimum Gasteiger partial charge on any atom is -0.454 e. The average Bonchev–Trinajstić information content (AvgIpc) is 3.06. The molecule has 1 heterocycles. The molecule has 3 aromatic rings. The number of anilines is 1. The fourth-order valence-electron chi connectivity index (χ4n) is 2.16. The maximum absolute atomic E-state index is 13.1. The molecule has 0 spiro atoms. The fourth-order valence-corrected chi connectivity index (χ4v) is 3.25. The first-order chi connectivity index (χ1) is 13.0. The molecule has 6 nitrogen and oxygen atoms in total. The topological polar surface area (TPSA) is 77.5 Å².